The molecule has 0 aliphatic heterocycles. The molecule has 3 saturated carbocycles. The minimum Gasteiger partial charge on any atom is -0.504 e. The molecular formula is C22H28O3. The zero-order chi connectivity index (χ0) is 18.0. The van der Waals surface area contributed by atoms with Crippen LogP contribution in [-0.2, 0) is 9.59 Å². The second-order valence-electron chi connectivity index (χ2n) is 8.80. The quantitative estimate of drug-likeness (QED) is 0.793. The highest BCUT2D eigenvalue weighted by atomic mass is 16.3. The average Bonchev–Trinajstić information content (AvgIpc) is 2.89. The van der Waals surface area contributed by atoms with E-state index < -0.39 is 0 Å². The van der Waals surface area contributed by atoms with Crippen molar-refractivity contribution in [3.8, 4) is 0 Å². The van der Waals surface area contributed by atoms with Crippen LogP contribution in [0, 0.1) is 28.6 Å². The summed E-state index contributed by atoms with van der Waals surface area (Å²) in [5.41, 5.74) is 1.20. The van der Waals surface area contributed by atoms with E-state index in [9.17, 15) is 14.7 Å². The van der Waals surface area contributed by atoms with Crippen LogP contribution in [0.1, 0.15) is 58.8 Å². The zero-order valence-corrected chi connectivity index (χ0v) is 15.3. The summed E-state index contributed by atoms with van der Waals surface area (Å²) < 4.78 is 0. The van der Waals surface area contributed by atoms with E-state index in [4.69, 9.17) is 0 Å². The smallest absolute Gasteiger partial charge is 0.220 e. The lowest BCUT2D eigenvalue weighted by Crippen LogP contribution is -2.51. The summed E-state index contributed by atoms with van der Waals surface area (Å²) in [5, 5.41) is 10.4. The monoisotopic (exact) mass is 340 g/mol. The van der Waals surface area contributed by atoms with Crippen LogP contribution in [0.25, 0.3) is 0 Å². The summed E-state index contributed by atoms with van der Waals surface area (Å²) in [4.78, 5) is 24.8. The summed E-state index contributed by atoms with van der Waals surface area (Å²) in [6.45, 7) is 8.56. The molecule has 134 valence electrons. The molecule has 0 aromatic heterocycles. The van der Waals surface area contributed by atoms with Crippen LogP contribution in [0.4, 0.5) is 0 Å². The van der Waals surface area contributed by atoms with Crippen LogP contribution in [-0.4, -0.2) is 16.7 Å². The van der Waals surface area contributed by atoms with Gasteiger partial charge in [-0.3, -0.25) is 9.59 Å². The van der Waals surface area contributed by atoms with Gasteiger partial charge < -0.3 is 5.11 Å². The first-order valence-corrected chi connectivity index (χ1v) is 9.74. The molecule has 0 radical (unpaired) electrons. The van der Waals surface area contributed by atoms with E-state index in [1.54, 1.807) is 0 Å². The number of carbonyl (C=O) groups excluding carboxylic acids is 2. The Bertz CT molecular complexity index is 728. The summed E-state index contributed by atoms with van der Waals surface area (Å²) in [5.74, 6) is 1.30. The second-order valence-corrected chi connectivity index (χ2v) is 8.80. The van der Waals surface area contributed by atoms with Crippen LogP contribution in [0.15, 0.2) is 35.6 Å². The average molecular weight is 340 g/mol. The topological polar surface area (TPSA) is 54.4 Å². The van der Waals surface area contributed by atoms with Crippen LogP contribution < -0.4 is 0 Å². The molecule has 3 heteroatoms. The predicted octanol–water partition coefficient (Wildman–Crippen LogP) is 4.70. The number of hydrogen-bond donors (Lipinski definition) is 1. The van der Waals surface area contributed by atoms with Gasteiger partial charge >= 0.3 is 0 Å². The molecule has 0 aromatic carbocycles. The number of allylic oxidation sites excluding steroid dienone is 4. The van der Waals surface area contributed by atoms with Gasteiger partial charge in [0.2, 0.25) is 5.78 Å². The highest BCUT2D eigenvalue weighted by Gasteiger charge is 2.61. The van der Waals surface area contributed by atoms with Gasteiger partial charge in [0.15, 0.2) is 5.76 Å². The normalized spacial score (nSPS) is 43.1. The predicted molar refractivity (Wildman–Crippen MR) is 97.0 cm³/mol. The number of aliphatic hydroxyl groups excluding tert-OH is 1. The molecule has 0 unspecified atom stereocenters. The number of carbonyl (C=O) groups is 2. The SMILES string of the molecule is C=C1C[C@H]2[C@@H]3CCC(=O)[C@@]3(CCC)CC[C@@H]2[C@@]2(C)C=CC(=O)C(O)=C12. The zero-order valence-electron chi connectivity index (χ0n) is 15.3. The molecular weight excluding hydrogens is 312 g/mol. The molecule has 0 amide bonds. The maximum Gasteiger partial charge on any atom is 0.220 e. The van der Waals surface area contributed by atoms with Crippen molar-refractivity contribution in [3.05, 3.63) is 35.6 Å². The first-order valence-electron chi connectivity index (χ1n) is 9.74. The maximum absolute atomic E-state index is 12.8. The van der Waals surface area contributed by atoms with Gasteiger partial charge in [0, 0.05) is 22.8 Å². The Morgan fingerprint density at radius 2 is 2.04 bits per heavy atom. The van der Waals surface area contributed by atoms with Crippen molar-refractivity contribution >= 4 is 11.6 Å². The largest absolute Gasteiger partial charge is 0.504 e. The third-order valence-electron chi connectivity index (χ3n) is 7.77. The van der Waals surface area contributed by atoms with E-state index in [1.807, 2.05) is 6.08 Å². The molecule has 0 bridgehead atoms. The van der Waals surface area contributed by atoms with Gasteiger partial charge in [-0.25, -0.2) is 0 Å². The van der Waals surface area contributed by atoms with Crippen molar-refractivity contribution in [1.82, 2.24) is 0 Å². The lowest BCUT2D eigenvalue weighted by molar-refractivity contribution is -0.133. The standard InChI is InChI=1S/C22H28O3/c1-4-9-22-11-7-15-14(16(22)5-6-18(22)24)12-13(2)19-20(25)17(23)8-10-21(15,19)3/h8,10,14-16,25H,2,4-7,9,11-12H2,1,3H3/t14-,15+,16+,21-,22+/m1/s1. The first kappa shape index (κ1) is 16.8. The summed E-state index contributed by atoms with van der Waals surface area (Å²) in [6, 6.07) is 0. The Morgan fingerprint density at radius 1 is 1.28 bits per heavy atom. The van der Waals surface area contributed by atoms with Gasteiger partial charge in [0.05, 0.1) is 0 Å². The minimum absolute atomic E-state index is 0.110. The fraction of sp³-hybridized carbons (Fsp3) is 0.636. The van der Waals surface area contributed by atoms with Crippen molar-refractivity contribution < 1.29 is 14.7 Å². The van der Waals surface area contributed by atoms with Crippen molar-refractivity contribution in [2.75, 3.05) is 0 Å². The minimum atomic E-state index is -0.331. The molecule has 4 aliphatic rings. The first-order chi connectivity index (χ1) is 11.8. The van der Waals surface area contributed by atoms with Crippen molar-refractivity contribution in [2.45, 2.75) is 58.8 Å². The number of fused-ring (bicyclic) bond motifs is 5. The molecule has 0 heterocycles. The van der Waals surface area contributed by atoms with Crippen LogP contribution >= 0.6 is 0 Å². The molecule has 3 fully saturated rings. The summed E-state index contributed by atoms with van der Waals surface area (Å²) in [6.07, 6.45) is 10.1. The Labute approximate surface area is 149 Å². The van der Waals surface area contributed by atoms with Crippen molar-refractivity contribution in [3.63, 3.8) is 0 Å². The lowest BCUT2D eigenvalue weighted by atomic mass is 9.47. The highest BCUT2D eigenvalue weighted by molar-refractivity contribution is 6.04. The van der Waals surface area contributed by atoms with E-state index in [0.717, 1.165) is 56.1 Å². The Kier molecular flexibility index (Phi) is 3.65. The molecule has 1 N–H and O–H groups in total. The molecule has 0 aromatic rings. The van der Waals surface area contributed by atoms with Gasteiger partial charge in [-0.15, -0.1) is 0 Å². The van der Waals surface area contributed by atoms with Gasteiger partial charge in [-0.05, 0) is 61.5 Å². The third-order valence-corrected chi connectivity index (χ3v) is 7.77. The Balaban J connectivity index is 1.78. The van der Waals surface area contributed by atoms with Crippen LogP contribution in [0.3, 0.4) is 0 Å². The van der Waals surface area contributed by atoms with Crippen molar-refractivity contribution in [2.24, 2.45) is 28.6 Å². The van der Waals surface area contributed by atoms with Gasteiger partial charge in [-0.2, -0.15) is 0 Å². The molecule has 25 heavy (non-hydrogen) atoms. The molecule has 4 rings (SSSR count). The van der Waals surface area contributed by atoms with Crippen LogP contribution in [0.5, 0.6) is 0 Å². The molecule has 0 saturated heterocycles. The second kappa shape index (κ2) is 5.43. The lowest BCUT2D eigenvalue weighted by Gasteiger charge is -2.56. The number of Topliss-reactive ketones (excluding diaryl/α,β-unsaturated/α-hetero) is 1. The fourth-order valence-electron chi connectivity index (χ4n) is 6.83. The Morgan fingerprint density at radius 3 is 2.76 bits per heavy atom. The van der Waals surface area contributed by atoms with Gasteiger partial charge in [0.25, 0.3) is 0 Å². The van der Waals surface area contributed by atoms with Crippen molar-refractivity contribution in [1.29, 1.82) is 0 Å². The van der Waals surface area contributed by atoms with E-state index in [1.165, 1.54) is 6.08 Å². The molecule has 5 atom stereocenters. The van der Waals surface area contributed by atoms with E-state index in [-0.39, 0.29) is 22.4 Å². The maximum atomic E-state index is 12.8. The number of ketones is 2. The van der Waals surface area contributed by atoms with Crippen LogP contribution in [0.2, 0.25) is 0 Å². The third kappa shape index (κ3) is 2.04. The van der Waals surface area contributed by atoms with E-state index >= 15 is 0 Å². The molecule has 0 spiro atoms. The fourth-order valence-corrected chi connectivity index (χ4v) is 6.83. The highest BCUT2D eigenvalue weighted by Crippen LogP contribution is 2.65. The Hall–Kier alpha value is -1.64. The number of aliphatic hydroxyl groups is 1. The van der Waals surface area contributed by atoms with E-state index in [2.05, 4.69) is 20.4 Å². The van der Waals surface area contributed by atoms with E-state index in [0.29, 0.717) is 23.5 Å². The number of rotatable bonds is 2. The molecule has 4 aliphatic carbocycles. The van der Waals surface area contributed by atoms with Gasteiger partial charge in [0.1, 0.15) is 5.78 Å². The van der Waals surface area contributed by atoms with Gasteiger partial charge in [-0.1, -0.05) is 32.9 Å². The number of hydrogen-bond acceptors (Lipinski definition) is 3. The molecule has 3 nitrogen and oxygen atoms in total. The summed E-state index contributed by atoms with van der Waals surface area (Å²) >= 11 is 0. The summed E-state index contributed by atoms with van der Waals surface area (Å²) in [7, 11) is 0.